The number of aliphatic carboxylic acids is 1. The third kappa shape index (κ3) is 4.42. The van der Waals surface area contributed by atoms with Gasteiger partial charge in [0.05, 0.1) is 12.6 Å². The van der Waals surface area contributed by atoms with E-state index in [-0.39, 0.29) is 13.1 Å². The Morgan fingerprint density at radius 1 is 1.35 bits per heavy atom. The molecule has 1 atom stereocenters. The second-order valence-electron chi connectivity index (χ2n) is 4.03. The van der Waals surface area contributed by atoms with Gasteiger partial charge < -0.3 is 20.4 Å². The first kappa shape index (κ1) is 13.5. The zero-order chi connectivity index (χ0) is 12.8. The Labute approximate surface area is 101 Å². The van der Waals surface area contributed by atoms with Gasteiger partial charge >= 0.3 is 5.97 Å². The molecule has 0 amide bonds. The Bertz CT molecular complexity index is 363. The number of rotatable bonds is 6. The number of aliphatic hydroxyl groups is 1. The predicted molar refractivity (Wildman–Crippen MR) is 66.2 cm³/mol. The summed E-state index contributed by atoms with van der Waals surface area (Å²) in [5.41, 5.74) is 1.83. The molecule has 0 saturated carbocycles. The molecule has 5 heteroatoms. The van der Waals surface area contributed by atoms with Gasteiger partial charge in [0, 0.05) is 26.3 Å². The third-order valence-electron chi connectivity index (χ3n) is 2.41. The van der Waals surface area contributed by atoms with Crippen LogP contribution in [0, 0.1) is 0 Å². The number of hydrogen-bond acceptors (Lipinski definition) is 4. The van der Waals surface area contributed by atoms with Crippen molar-refractivity contribution in [2.45, 2.75) is 6.10 Å². The Hall–Kier alpha value is -1.59. The topological polar surface area (TPSA) is 72.8 Å². The van der Waals surface area contributed by atoms with Gasteiger partial charge in [-0.15, -0.1) is 0 Å². The van der Waals surface area contributed by atoms with Crippen LogP contribution in [0.15, 0.2) is 24.3 Å². The average Bonchev–Trinajstić information content (AvgIpc) is 2.28. The van der Waals surface area contributed by atoms with Crippen molar-refractivity contribution in [3.05, 3.63) is 29.8 Å². The standard InChI is InChI=1S/C12H18N2O3/c1-14(2)10-5-3-9(4-6-10)11(15)7-13-8-12(16)17/h3-6,11,13,15H,7-8H2,1-2H3,(H,16,17). The van der Waals surface area contributed by atoms with E-state index in [2.05, 4.69) is 5.32 Å². The molecule has 1 unspecified atom stereocenters. The highest BCUT2D eigenvalue weighted by Crippen LogP contribution is 2.17. The van der Waals surface area contributed by atoms with E-state index in [1.807, 2.05) is 43.3 Å². The van der Waals surface area contributed by atoms with Crippen LogP contribution in [0.4, 0.5) is 5.69 Å². The highest BCUT2D eigenvalue weighted by molar-refractivity contribution is 5.69. The van der Waals surface area contributed by atoms with Crippen LogP contribution in [0.5, 0.6) is 0 Å². The maximum atomic E-state index is 10.3. The first-order valence-electron chi connectivity index (χ1n) is 5.38. The lowest BCUT2D eigenvalue weighted by atomic mass is 10.1. The number of anilines is 1. The van der Waals surface area contributed by atoms with Crippen molar-refractivity contribution >= 4 is 11.7 Å². The van der Waals surface area contributed by atoms with Gasteiger partial charge in [-0.05, 0) is 17.7 Å². The minimum Gasteiger partial charge on any atom is -0.480 e. The van der Waals surface area contributed by atoms with Crippen LogP contribution in [0.25, 0.3) is 0 Å². The van der Waals surface area contributed by atoms with Gasteiger partial charge in [0.1, 0.15) is 0 Å². The highest BCUT2D eigenvalue weighted by Gasteiger charge is 2.08. The normalized spacial score (nSPS) is 12.2. The molecule has 0 bridgehead atoms. The molecule has 0 fully saturated rings. The van der Waals surface area contributed by atoms with E-state index >= 15 is 0 Å². The fourth-order valence-corrected chi connectivity index (χ4v) is 1.43. The molecule has 0 aliphatic rings. The van der Waals surface area contributed by atoms with Gasteiger partial charge in [-0.25, -0.2) is 0 Å². The number of aliphatic hydroxyl groups excluding tert-OH is 1. The van der Waals surface area contributed by atoms with Gasteiger partial charge in [0.25, 0.3) is 0 Å². The van der Waals surface area contributed by atoms with Crippen LogP contribution < -0.4 is 10.2 Å². The molecule has 1 aromatic rings. The van der Waals surface area contributed by atoms with E-state index in [0.29, 0.717) is 0 Å². The maximum absolute atomic E-state index is 10.3. The zero-order valence-electron chi connectivity index (χ0n) is 10.1. The minimum atomic E-state index is -0.930. The molecule has 94 valence electrons. The summed E-state index contributed by atoms with van der Waals surface area (Å²) in [4.78, 5) is 12.3. The Balaban J connectivity index is 2.51. The first-order valence-corrected chi connectivity index (χ1v) is 5.38. The van der Waals surface area contributed by atoms with Crippen LogP contribution in [-0.4, -0.2) is 43.4 Å². The number of carboxylic acids is 1. The molecule has 0 spiro atoms. The predicted octanol–water partition coefficient (Wildman–Crippen LogP) is 0.460. The summed E-state index contributed by atoms with van der Waals surface area (Å²) < 4.78 is 0. The summed E-state index contributed by atoms with van der Waals surface area (Å²) >= 11 is 0. The van der Waals surface area contributed by atoms with E-state index < -0.39 is 12.1 Å². The van der Waals surface area contributed by atoms with Crippen molar-refractivity contribution in [3.63, 3.8) is 0 Å². The average molecular weight is 238 g/mol. The molecule has 17 heavy (non-hydrogen) atoms. The summed E-state index contributed by atoms with van der Waals surface area (Å²) in [6, 6.07) is 7.50. The largest absolute Gasteiger partial charge is 0.480 e. The molecule has 0 heterocycles. The Kier molecular flexibility index (Phi) is 4.93. The fourth-order valence-electron chi connectivity index (χ4n) is 1.43. The van der Waals surface area contributed by atoms with Crippen molar-refractivity contribution in [3.8, 4) is 0 Å². The van der Waals surface area contributed by atoms with Crippen LogP contribution in [-0.2, 0) is 4.79 Å². The number of hydrogen-bond donors (Lipinski definition) is 3. The van der Waals surface area contributed by atoms with E-state index in [1.54, 1.807) is 0 Å². The molecule has 0 aliphatic heterocycles. The molecular weight excluding hydrogens is 220 g/mol. The van der Waals surface area contributed by atoms with Gasteiger partial charge in [0.15, 0.2) is 0 Å². The summed E-state index contributed by atoms with van der Waals surface area (Å²) in [7, 11) is 3.89. The lowest BCUT2D eigenvalue weighted by molar-refractivity contribution is -0.136. The Morgan fingerprint density at radius 2 is 1.94 bits per heavy atom. The highest BCUT2D eigenvalue weighted by atomic mass is 16.4. The maximum Gasteiger partial charge on any atom is 0.317 e. The van der Waals surface area contributed by atoms with Crippen molar-refractivity contribution in [1.29, 1.82) is 0 Å². The fraction of sp³-hybridized carbons (Fsp3) is 0.417. The molecule has 3 N–H and O–H groups in total. The van der Waals surface area contributed by atoms with Crippen molar-refractivity contribution in [1.82, 2.24) is 5.32 Å². The van der Waals surface area contributed by atoms with Crippen molar-refractivity contribution < 1.29 is 15.0 Å². The summed E-state index contributed by atoms with van der Waals surface area (Å²) in [5, 5.41) is 20.9. The molecule has 0 aliphatic carbocycles. The van der Waals surface area contributed by atoms with E-state index in [0.717, 1.165) is 11.3 Å². The van der Waals surface area contributed by atoms with Gasteiger partial charge in [-0.2, -0.15) is 0 Å². The molecule has 5 nitrogen and oxygen atoms in total. The summed E-state index contributed by atoms with van der Waals surface area (Å²) in [6.45, 7) is 0.0838. The lowest BCUT2D eigenvalue weighted by Crippen LogP contribution is -2.27. The number of carboxylic acid groups (broad SMARTS) is 1. The van der Waals surface area contributed by atoms with Crippen LogP contribution in [0.2, 0.25) is 0 Å². The van der Waals surface area contributed by atoms with E-state index in [9.17, 15) is 9.90 Å². The second-order valence-corrected chi connectivity index (χ2v) is 4.03. The molecule has 0 radical (unpaired) electrons. The summed E-state index contributed by atoms with van der Waals surface area (Å²) in [5.74, 6) is -0.930. The van der Waals surface area contributed by atoms with Crippen molar-refractivity contribution in [2.75, 3.05) is 32.1 Å². The van der Waals surface area contributed by atoms with Crippen LogP contribution >= 0.6 is 0 Å². The first-order chi connectivity index (χ1) is 8.00. The molecule has 0 saturated heterocycles. The smallest absolute Gasteiger partial charge is 0.317 e. The number of nitrogens with one attached hydrogen (secondary N) is 1. The summed E-state index contributed by atoms with van der Waals surface area (Å²) in [6.07, 6.45) is -0.689. The van der Waals surface area contributed by atoms with Crippen molar-refractivity contribution in [2.24, 2.45) is 0 Å². The minimum absolute atomic E-state index is 0.146. The molecule has 1 aromatic carbocycles. The van der Waals surface area contributed by atoms with E-state index in [1.165, 1.54) is 0 Å². The molecular formula is C12H18N2O3. The van der Waals surface area contributed by atoms with Crippen LogP contribution in [0.1, 0.15) is 11.7 Å². The third-order valence-corrected chi connectivity index (χ3v) is 2.41. The number of carbonyl (C=O) groups is 1. The Morgan fingerprint density at radius 3 is 2.41 bits per heavy atom. The molecule has 0 aromatic heterocycles. The van der Waals surface area contributed by atoms with Gasteiger partial charge in [-0.3, -0.25) is 4.79 Å². The van der Waals surface area contributed by atoms with Crippen LogP contribution in [0.3, 0.4) is 0 Å². The number of benzene rings is 1. The zero-order valence-corrected chi connectivity index (χ0v) is 10.1. The van der Waals surface area contributed by atoms with Gasteiger partial charge in [-0.1, -0.05) is 12.1 Å². The number of nitrogens with zero attached hydrogens (tertiary/aromatic N) is 1. The molecule has 1 rings (SSSR count). The SMILES string of the molecule is CN(C)c1ccc(C(O)CNCC(=O)O)cc1. The quantitative estimate of drug-likeness (QED) is 0.671. The van der Waals surface area contributed by atoms with Gasteiger partial charge in [0.2, 0.25) is 0 Å². The second kappa shape index (κ2) is 6.22. The lowest BCUT2D eigenvalue weighted by Gasteiger charge is -2.15. The van der Waals surface area contributed by atoms with E-state index in [4.69, 9.17) is 5.11 Å². The monoisotopic (exact) mass is 238 g/mol.